The Morgan fingerprint density at radius 3 is 2.60 bits per heavy atom. The fourth-order valence-corrected chi connectivity index (χ4v) is 0.644. The summed E-state index contributed by atoms with van der Waals surface area (Å²) < 4.78 is 0.217. The lowest BCUT2D eigenvalue weighted by Crippen LogP contribution is -1.92. The molecule has 0 saturated carbocycles. The summed E-state index contributed by atoms with van der Waals surface area (Å²) in [5, 5.41) is 8.34. The predicted molar refractivity (Wildman–Crippen MR) is 44.1 cm³/mol. The molecule has 0 aliphatic carbocycles. The molecule has 3 heteroatoms. The molecule has 0 amide bonds. The zero-order chi connectivity index (χ0) is 7.98. The molecule has 0 heterocycles. The molecule has 1 N–H and O–H groups in total. The summed E-state index contributed by atoms with van der Waals surface area (Å²) in [5.41, 5.74) is 0. The average Bonchev–Trinajstić information content (AvgIpc) is 1.88. The van der Waals surface area contributed by atoms with Crippen LogP contribution in [0.4, 0.5) is 0 Å². The normalized spacial score (nSPS) is 11.1. The molecular weight excluding hydrogens is 196 g/mol. The van der Waals surface area contributed by atoms with Gasteiger partial charge in [0.05, 0.1) is 4.48 Å². The van der Waals surface area contributed by atoms with Gasteiger partial charge in [-0.3, -0.25) is 0 Å². The summed E-state index contributed by atoms with van der Waals surface area (Å²) in [6.45, 7) is 3.51. The third-order valence-corrected chi connectivity index (χ3v) is 1.56. The lowest BCUT2D eigenvalue weighted by atomic mass is 10.3. The fraction of sp³-hybridized carbons (Fsp3) is 0.286. The van der Waals surface area contributed by atoms with Gasteiger partial charge in [0.1, 0.15) is 0 Å². The largest absolute Gasteiger partial charge is 0.477 e. The number of halogens is 1. The lowest BCUT2D eigenvalue weighted by Gasteiger charge is -1.88. The van der Waals surface area contributed by atoms with Gasteiger partial charge in [-0.1, -0.05) is 12.2 Å². The first-order chi connectivity index (χ1) is 4.68. The third-order valence-electron chi connectivity index (χ3n) is 0.899. The standard InChI is InChI=1S/C7H9BrO2/c1-2-3-4-5-6(8)7(9)10/h2,5H,1,3-4H2,(H,9,10)/b6-5+. The van der Waals surface area contributed by atoms with Crippen LogP contribution in [0, 0.1) is 0 Å². The number of aliphatic carboxylic acids is 1. The number of carboxylic acid groups (broad SMARTS) is 1. The fourth-order valence-electron chi connectivity index (χ4n) is 0.415. The second-order valence-electron chi connectivity index (χ2n) is 1.72. The summed E-state index contributed by atoms with van der Waals surface area (Å²) in [6, 6.07) is 0. The van der Waals surface area contributed by atoms with Gasteiger partial charge in [0.25, 0.3) is 0 Å². The zero-order valence-corrected chi connectivity index (χ0v) is 7.10. The van der Waals surface area contributed by atoms with E-state index in [4.69, 9.17) is 5.11 Å². The minimum atomic E-state index is -0.927. The Balaban J connectivity index is 3.68. The van der Waals surface area contributed by atoms with E-state index in [0.717, 1.165) is 12.8 Å². The minimum Gasteiger partial charge on any atom is -0.477 e. The van der Waals surface area contributed by atoms with Gasteiger partial charge in [0.2, 0.25) is 0 Å². The highest BCUT2D eigenvalue weighted by atomic mass is 79.9. The van der Waals surface area contributed by atoms with E-state index < -0.39 is 5.97 Å². The van der Waals surface area contributed by atoms with Gasteiger partial charge < -0.3 is 5.11 Å². The summed E-state index contributed by atoms with van der Waals surface area (Å²) in [5.74, 6) is -0.927. The zero-order valence-electron chi connectivity index (χ0n) is 5.51. The summed E-state index contributed by atoms with van der Waals surface area (Å²) in [4.78, 5) is 10.2. The maximum Gasteiger partial charge on any atom is 0.342 e. The van der Waals surface area contributed by atoms with E-state index in [2.05, 4.69) is 22.5 Å². The van der Waals surface area contributed by atoms with Gasteiger partial charge in [0.15, 0.2) is 0 Å². The van der Waals surface area contributed by atoms with Crippen molar-refractivity contribution in [1.29, 1.82) is 0 Å². The van der Waals surface area contributed by atoms with Gasteiger partial charge in [0, 0.05) is 0 Å². The van der Waals surface area contributed by atoms with Gasteiger partial charge in [-0.2, -0.15) is 0 Å². The van der Waals surface area contributed by atoms with Gasteiger partial charge in [-0.25, -0.2) is 4.79 Å². The molecule has 0 atom stereocenters. The third kappa shape index (κ3) is 4.32. The molecule has 0 rings (SSSR count). The molecule has 0 fully saturated rings. The highest BCUT2D eigenvalue weighted by Crippen LogP contribution is 2.06. The highest BCUT2D eigenvalue weighted by molar-refractivity contribution is 9.12. The van der Waals surface area contributed by atoms with E-state index in [9.17, 15) is 4.79 Å². The van der Waals surface area contributed by atoms with Crippen LogP contribution in [0.2, 0.25) is 0 Å². The second-order valence-corrected chi connectivity index (χ2v) is 2.58. The predicted octanol–water partition coefficient (Wildman–Crippen LogP) is 2.32. The van der Waals surface area contributed by atoms with E-state index in [1.54, 1.807) is 12.2 Å². The monoisotopic (exact) mass is 204 g/mol. The van der Waals surface area contributed by atoms with Crippen LogP contribution in [0.3, 0.4) is 0 Å². The van der Waals surface area contributed by atoms with E-state index in [-0.39, 0.29) is 4.48 Å². The van der Waals surface area contributed by atoms with Crippen LogP contribution in [0.25, 0.3) is 0 Å². The number of carboxylic acids is 1. The van der Waals surface area contributed by atoms with Crippen molar-refractivity contribution < 1.29 is 9.90 Å². The van der Waals surface area contributed by atoms with Crippen LogP contribution in [0.15, 0.2) is 23.2 Å². The number of carbonyl (C=O) groups is 1. The van der Waals surface area contributed by atoms with E-state index in [1.165, 1.54) is 0 Å². The molecule has 0 radical (unpaired) electrons. The van der Waals surface area contributed by atoms with E-state index >= 15 is 0 Å². The topological polar surface area (TPSA) is 37.3 Å². The Labute approximate surface area is 68.4 Å². The molecule has 0 aromatic heterocycles. The Morgan fingerprint density at radius 1 is 1.60 bits per heavy atom. The van der Waals surface area contributed by atoms with E-state index in [1.807, 2.05) is 0 Å². The lowest BCUT2D eigenvalue weighted by molar-refractivity contribution is -0.131. The van der Waals surface area contributed by atoms with Crippen LogP contribution in [-0.4, -0.2) is 11.1 Å². The van der Waals surface area contributed by atoms with Crippen molar-refractivity contribution >= 4 is 21.9 Å². The first kappa shape index (κ1) is 9.43. The molecule has 56 valence electrons. The highest BCUT2D eigenvalue weighted by Gasteiger charge is 1.98. The van der Waals surface area contributed by atoms with Gasteiger partial charge >= 0.3 is 5.97 Å². The molecule has 0 aliphatic heterocycles. The van der Waals surface area contributed by atoms with Gasteiger partial charge in [-0.05, 0) is 28.8 Å². The Morgan fingerprint density at radius 2 is 2.20 bits per heavy atom. The molecule has 10 heavy (non-hydrogen) atoms. The van der Waals surface area contributed by atoms with Crippen molar-refractivity contribution in [3.05, 3.63) is 23.2 Å². The number of hydrogen-bond donors (Lipinski definition) is 1. The van der Waals surface area contributed by atoms with Crippen molar-refractivity contribution in [3.8, 4) is 0 Å². The SMILES string of the molecule is C=CCC/C=C(/Br)C(=O)O. The Kier molecular flexibility index (Phi) is 4.94. The average molecular weight is 205 g/mol. The van der Waals surface area contributed by atoms with Crippen LogP contribution in [0.5, 0.6) is 0 Å². The quantitative estimate of drug-likeness (QED) is 0.434. The molecule has 0 aromatic carbocycles. The maximum atomic E-state index is 10.2. The molecule has 0 saturated heterocycles. The molecule has 0 unspecified atom stereocenters. The minimum absolute atomic E-state index is 0.217. The molecule has 0 spiro atoms. The Bertz CT molecular complexity index is 161. The van der Waals surface area contributed by atoms with Crippen LogP contribution >= 0.6 is 15.9 Å². The molecule has 2 nitrogen and oxygen atoms in total. The summed E-state index contributed by atoms with van der Waals surface area (Å²) >= 11 is 2.90. The van der Waals surface area contributed by atoms with Crippen molar-refractivity contribution in [2.24, 2.45) is 0 Å². The van der Waals surface area contributed by atoms with E-state index in [0.29, 0.717) is 0 Å². The molecule has 0 aromatic rings. The van der Waals surface area contributed by atoms with Crippen molar-refractivity contribution in [2.45, 2.75) is 12.8 Å². The van der Waals surface area contributed by atoms with Crippen molar-refractivity contribution in [2.75, 3.05) is 0 Å². The number of unbranched alkanes of at least 4 members (excludes halogenated alkanes) is 1. The van der Waals surface area contributed by atoms with Gasteiger partial charge in [-0.15, -0.1) is 6.58 Å². The van der Waals surface area contributed by atoms with Crippen LogP contribution in [-0.2, 0) is 4.79 Å². The van der Waals surface area contributed by atoms with Crippen LogP contribution < -0.4 is 0 Å². The van der Waals surface area contributed by atoms with Crippen LogP contribution in [0.1, 0.15) is 12.8 Å². The summed E-state index contributed by atoms with van der Waals surface area (Å²) in [6.07, 6.45) is 4.89. The van der Waals surface area contributed by atoms with Crippen molar-refractivity contribution in [1.82, 2.24) is 0 Å². The number of allylic oxidation sites excluding steroid dienone is 2. The first-order valence-corrected chi connectivity index (χ1v) is 3.67. The smallest absolute Gasteiger partial charge is 0.342 e. The van der Waals surface area contributed by atoms with Crippen molar-refractivity contribution in [3.63, 3.8) is 0 Å². The number of rotatable bonds is 4. The molecule has 0 aliphatic rings. The first-order valence-electron chi connectivity index (χ1n) is 2.88. The summed E-state index contributed by atoms with van der Waals surface area (Å²) in [7, 11) is 0. The number of hydrogen-bond acceptors (Lipinski definition) is 1. The maximum absolute atomic E-state index is 10.2. The molecular formula is C7H9BrO2. The Hall–Kier alpha value is -0.570. The second kappa shape index (κ2) is 5.23. The molecule has 0 bridgehead atoms.